The van der Waals surface area contributed by atoms with Crippen molar-refractivity contribution < 1.29 is 19.0 Å². The zero-order valence-corrected chi connectivity index (χ0v) is 26.4. The molecule has 4 heterocycles. The van der Waals surface area contributed by atoms with Gasteiger partial charge in [0.1, 0.15) is 18.0 Å². The van der Waals surface area contributed by atoms with Crippen molar-refractivity contribution >= 4 is 23.1 Å². The third kappa shape index (κ3) is 6.25. The molecule has 3 aliphatic rings. The van der Waals surface area contributed by atoms with E-state index in [9.17, 15) is 4.79 Å². The number of anilines is 3. The summed E-state index contributed by atoms with van der Waals surface area (Å²) in [7, 11) is 0. The van der Waals surface area contributed by atoms with Gasteiger partial charge >= 0.3 is 6.03 Å². The number of piperazine rings is 1. The molecule has 2 amide bonds. The van der Waals surface area contributed by atoms with E-state index in [1.807, 2.05) is 52.3 Å². The van der Waals surface area contributed by atoms with Crippen LogP contribution in [0.5, 0.6) is 5.75 Å². The number of hydrogen-bond acceptors (Lipinski definition) is 8. The van der Waals surface area contributed by atoms with E-state index in [1.165, 1.54) is 11.4 Å². The number of carbonyl (C=O) groups excluding carboxylic acids is 1. The van der Waals surface area contributed by atoms with Crippen LogP contribution in [0.25, 0.3) is 0 Å². The van der Waals surface area contributed by atoms with Crippen LogP contribution in [0.3, 0.4) is 0 Å². The largest absolute Gasteiger partial charge is 0.488 e. The molecule has 0 saturated carbocycles. The van der Waals surface area contributed by atoms with Crippen molar-refractivity contribution in [3.05, 3.63) is 96.8 Å². The fourth-order valence-electron chi connectivity index (χ4n) is 6.51. The standard InChI is InChI=1S/C35H41N7O4/c1-27(2)40-22-23-41(34(40)43)31-10-8-29(9-11-31)38-18-20-39(21-19-38)30-12-14-32(15-13-30)44-24-33-45-26-35(46-33,25-42-36-16-17-37-42)28-6-4-3-5-7-28/h3-17,27,33H,18-26H2,1-2H3/t33-,35+/m0/s1. The van der Waals surface area contributed by atoms with Gasteiger partial charge in [-0.15, -0.1) is 0 Å². The number of nitrogens with zero attached hydrogens (tertiary/aromatic N) is 7. The van der Waals surface area contributed by atoms with Gasteiger partial charge in [-0.3, -0.25) is 4.90 Å². The molecule has 3 saturated heterocycles. The zero-order chi connectivity index (χ0) is 31.5. The van der Waals surface area contributed by atoms with Crippen LogP contribution >= 0.6 is 0 Å². The monoisotopic (exact) mass is 623 g/mol. The minimum atomic E-state index is -0.690. The first-order valence-corrected chi connectivity index (χ1v) is 16.1. The van der Waals surface area contributed by atoms with E-state index in [1.54, 1.807) is 17.2 Å². The quantitative estimate of drug-likeness (QED) is 0.253. The number of amides is 2. The van der Waals surface area contributed by atoms with E-state index < -0.39 is 11.9 Å². The Balaban J connectivity index is 0.901. The van der Waals surface area contributed by atoms with E-state index >= 15 is 0 Å². The van der Waals surface area contributed by atoms with Crippen LogP contribution in [0.2, 0.25) is 0 Å². The minimum Gasteiger partial charge on any atom is -0.488 e. The molecular weight excluding hydrogens is 582 g/mol. The molecule has 4 aromatic rings. The molecular formula is C35H41N7O4. The van der Waals surface area contributed by atoms with Gasteiger partial charge in [0.05, 0.1) is 25.5 Å². The number of urea groups is 1. The number of benzene rings is 3. The minimum absolute atomic E-state index is 0.0947. The Morgan fingerprint density at radius 1 is 0.804 bits per heavy atom. The lowest BCUT2D eigenvalue weighted by molar-refractivity contribution is -0.117. The third-order valence-electron chi connectivity index (χ3n) is 9.08. The molecule has 3 aliphatic heterocycles. The highest BCUT2D eigenvalue weighted by atomic mass is 16.7. The van der Waals surface area contributed by atoms with E-state index in [2.05, 4.69) is 70.2 Å². The van der Waals surface area contributed by atoms with Gasteiger partial charge in [-0.05, 0) is 67.9 Å². The molecule has 7 rings (SSSR count). The van der Waals surface area contributed by atoms with Crippen LogP contribution in [0.1, 0.15) is 19.4 Å². The summed E-state index contributed by atoms with van der Waals surface area (Å²) in [6, 6.07) is 27.0. The summed E-state index contributed by atoms with van der Waals surface area (Å²) in [5.41, 5.74) is 3.66. The molecule has 0 aliphatic carbocycles. The molecule has 11 heteroatoms. The van der Waals surface area contributed by atoms with Crippen molar-refractivity contribution in [2.24, 2.45) is 0 Å². The van der Waals surface area contributed by atoms with Gasteiger partial charge in [0, 0.05) is 62.4 Å². The highest BCUT2D eigenvalue weighted by Gasteiger charge is 2.44. The SMILES string of the molecule is CC(C)N1CCN(c2ccc(N3CCN(c4ccc(OC[C@H]5OC[C@](Cn6nccn6)(c6ccccc6)O5)cc4)CC3)cc2)C1=O. The predicted molar refractivity (Wildman–Crippen MR) is 176 cm³/mol. The van der Waals surface area contributed by atoms with E-state index in [-0.39, 0.29) is 18.7 Å². The molecule has 0 bridgehead atoms. The number of aromatic nitrogens is 3. The van der Waals surface area contributed by atoms with Crippen LogP contribution in [-0.2, 0) is 21.6 Å². The summed E-state index contributed by atoms with van der Waals surface area (Å²) >= 11 is 0. The summed E-state index contributed by atoms with van der Waals surface area (Å²) in [6.07, 6.45) is 2.82. The fourth-order valence-corrected chi connectivity index (χ4v) is 6.51. The third-order valence-corrected chi connectivity index (χ3v) is 9.08. The van der Waals surface area contributed by atoms with Gasteiger partial charge < -0.3 is 28.9 Å². The Bertz CT molecular complexity index is 1580. The first-order chi connectivity index (χ1) is 22.5. The molecule has 0 N–H and O–H groups in total. The Hall–Kier alpha value is -4.61. The van der Waals surface area contributed by atoms with Crippen molar-refractivity contribution in [2.45, 2.75) is 38.3 Å². The Labute approximate surface area is 269 Å². The summed E-state index contributed by atoms with van der Waals surface area (Å²) in [5, 5.41) is 8.56. The number of hydrogen-bond donors (Lipinski definition) is 0. The number of carbonyl (C=O) groups is 1. The lowest BCUT2D eigenvalue weighted by Crippen LogP contribution is -2.46. The molecule has 2 atom stereocenters. The second kappa shape index (κ2) is 13.0. The van der Waals surface area contributed by atoms with Gasteiger partial charge in [-0.2, -0.15) is 15.0 Å². The first kappa shape index (κ1) is 30.1. The second-order valence-electron chi connectivity index (χ2n) is 12.3. The summed E-state index contributed by atoms with van der Waals surface area (Å²) in [6.45, 7) is 10.4. The van der Waals surface area contributed by atoms with Gasteiger partial charge in [-0.1, -0.05) is 30.3 Å². The van der Waals surface area contributed by atoms with Crippen molar-refractivity contribution in [3.63, 3.8) is 0 Å². The molecule has 0 radical (unpaired) electrons. The Morgan fingerprint density at radius 3 is 2.02 bits per heavy atom. The van der Waals surface area contributed by atoms with Crippen LogP contribution in [0.4, 0.5) is 21.9 Å². The Morgan fingerprint density at radius 2 is 1.41 bits per heavy atom. The van der Waals surface area contributed by atoms with Crippen molar-refractivity contribution in [3.8, 4) is 5.75 Å². The fraction of sp³-hybridized carbons (Fsp3) is 0.400. The van der Waals surface area contributed by atoms with Crippen LogP contribution in [0.15, 0.2) is 91.3 Å². The van der Waals surface area contributed by atoms with Gasteiger partial charge in [0.15, 0.2) is 6.29 Å². The van der Waals surface area contributed by atoms with Crippen LogP contribution in [0, 0.1) is 0 Å². The average Bonchev–Trinajstić information content (AvgIpc) is 3.86. The van der Waals surface area contributed by atoms with Gasteiger partial charge in [0.25, 0.3) is 0 Å². The van der Waals surface area contributed by atoms with Crippen molar-refractivity contribution in [2.75, 3.05) is 67.2 Å². The molecule has 3 fully saturated rings. The maximum Gasteiger partial charge on any atom is 0.324 e. The van der Waals surface area contributed by atoms with Crippen LogP contribution < -0.4 is 19.4 Å². The van der Waals surface area contributed by atoms with Crippen molar-refractivity contribution in [1.82, 2.24) is 19.9 Å². The maximum atomic E-state index is 12.8. The van der Waals surface area contributed by atoms with Crippen LogP contribution in [-0.4, -0.2) is 90.7 Å². The van der Waals surface area contributed by atoms with Crippen molar-refractivity contribution in [1.29, 1.82) is 0 Å². The molecule has 1 aromatic heterocycles. The topological polar surface area (TPSA) is 88.4 Å². The summed E-state index contributed by atoms with van der Waals surface area (Å²) < 4.78 is 18.6. The highest BCUT2D eigenvalue weighted by molar-refractivity contribution is 5.94. The highest BCUT2D eigenvalue weighted by Crippen LogP contribution is 2.35. The second-order valence-corrected chi connectivity index (χ2v) is 12.3. The average molecular weight is 624 g/mol. The lowest BCUT2D eigenvalue weighted by atomic mass is 9.95. The lowest BCUT2D eigenvalue weighted by Gasteiger charge is -2.37. The molecule has 0 spiro atoms. The summed E-state index contributed by atoms with van der Waals surface area (Å²) in [5.74, 6) is 0.772. The first-order valence-electron chi connectivity index (χ1n) is 16.1. The Kier molecular flexibility index (Phi) is 8.51. The molecule has 11 nitrogen and oxygen atoms in total. The molecule has 0 unspecified atom stereocenters. The van der Waals surface area contributed by atoms with Gasteiger partial charge in [-0.25, -0.2) is 4.79 Å². The smallest absolute Gasteiger partial charge is 0.324 e. The zero-order valence-electron chi connectivity index (χ0n) is 26.4. The molecule has 3 aromatic carbocycles. The van der Waals surface area contributed by atoms with E-state index in [0.717, 1.165) is 56.3 Å². The predicted octanol–water partition coefficient (Wildman–Crippen LogP) is 4.60. The normalized spacial score (nSPS) is 21.9. The maximum absolute atomic E-state index is 12.8. The number of ether oxygens (including phenoxy) is 3. The van der Waals surface area contributed by atoms with E-state index in [0.29, 0.717) is 13.2 Å². The molecule has 240 valence electrons. The number of rotatable bonds is 10. The van der Waals surface area contributed by atoms with E-state index in [4.69, 9.17) is 14.2 Å². The summed E-state index contributed by atoms with van der Waals surface area (Å²) in [4.78, 5) is 23.0. The van der Waals surface area contributed by atoms with Gasteiger partial charge in [0.2, 0.25) is 0 Å². The molecule has 46 heavy (non-hydrogen) atoms.